The molecule has 0 aliphatic heterocycles. The molecule has 0 aromatic heterocycles. The SMILES string of the molecule is CNCCC(=O)Nc1ccc(C(=O)NC)c(Cl)c1.Cl. The largest absolute Gasteiger partial charge is 0.355 e. The Bertz CT molecular complexity index is 453. The maximum Gasteiger partial charge on any atom is 0.252 e. The molecule has 1 aromatic carbocycles. The van der Waals surface area contributed by atoms with Crippen molar-refractivity contribution in [2.24, 2.45) is 0 Å². The molecule has 0 heterocycles. The minimum absolute atomic E-state index is 0. The number of amides is 2. The molecule has 0 unspecified atom stereocenters. The number of carbonyl (C=O) groups is 2. The summed E-state index contributed by atoms with van der Waals surface area (Å²) in [5.74, 6) is -0.360. The third-order valence-electron chi connectivity index (χ3n) is 2.33. The second-order valence-corrected chi connectivity index (χ2v) is 4.08. The molecule has 19 heavy (non-hydrogen) atoms. The number of hydrogen-bond donors (Lipinski definition) is 3. The number of rotatable bonds is 5. The van der Waals surface area contributed by atoms with Crippen LogP contribution in [-0.4, -0.2) is 32.5 Å². The number of halogens is 2. The first-order chi connectivity index (χ1) is 8.58. The molecule has 0 radical (unpaired) electrons. The van der Waals surface area contributed by atoms with Crippen LogP contribution in [0.1, 0.15) is 16.8 Å². The lowest BCUT2D eigenvalue weighted by Crippen LogP contribution is -2.20. The summed E-state index contributed by atoms with van der Waals surface area (Å²) in [5, 5.41) is 8.39. The third kappa shape index (κ3) is 5.46. The van der Waals surface area contributed by atoms with E-state index in [4.69, 9.17) is 11.6 Å². The number of anilines is 1. The predicted octanol–water partition coefficient (Wildman–Crippen LogP) is 1.67. The maximum absolute atomic E-state index is 11.5. The first kappa shape index (κ1) is 17.7. The van der Waals surface area contributed by atoms with E-state index in [1.807, 2.05) is 0 Å². The number of benzene rings is 1. The highest BCUT2D eigenvalue weighted by Crippen LogP contribution is 2.21. The Morgan fingerprint density at radius 3 is 2.47 bits per heavy atom. The average molecular weight is 306 g/mol. The Balaban J connectivity index is 0.00000324. The highest BCUT2D eigenvalue weighted by molar-refractivity contribution is 6.34. The molecule has 0 saturated heterocycles. The topological polar surface area (TPSA) is 70.2 Å². The van der Waals surface area contributed by atoms with Crippen LogP contribution in [0.25, 0.3) is 0 Å². The molecule has 2 amide bonds. The molecule has 0 spiro atoms. The first-order valence-electron chi connectivity index (χ1n) is 5.54. The van der Waals surface area contributed by atoms with E-state index >= 15 is 0 Å². The van der Waals surface area contributed by atoms with Gasteiger partial charge in [0.05, 0.1) is 10.6 Å². The van der Waals surface area contributed by atoms with E-state index in [-0.39, 0.29) is 24.2 Å². The number of nitrogens with one attached hydrogen (secondary N) is 3. The van der Waals surface area contributed by atoms with Crippen molar-refractivity contribution in [1.82, 2.24) is 10.6 Å². The van der Waals surface area contributed by atoms with Crippen molar-refractivity contribution in [3.8, 4) is 0 Å². The Morgan fingerprint density at radius 2 is 1.95 bits per heavy atom. The van der Waals surface area contributed by atoms with Crippen LogP contribution in [0.15, 0.2) is 18.2 Å². The summed E-state index contributed by atoms with van der Waals surface area (Å²) in [7, 11) is 3.31. The van der Waals surface area contributed by atoms with Gasteiger partial charge in [0, 0.05) is 25.7 Å². The van der Waals surface area contributed by atoms with Crippen molar-refractivity contribution in [2.45, 2.75) is 6.42 Å². The van der Waals surface area contributed by atoms with Crippen LogP contribution < -0.4 is 16.0 Å². The molecular formula is C12H17Cl2N3O2. The van der Waals surface area contributed by atoms with Crippen LogP contribution in [0.2, 0.25) is 5.02 Å². The van der Waals surface area contributed by atoms with Gasteiger partial charge in [-0.1, -0.05) is 11.6 Å². The van der Waals surface area contributed by atoms with Crippen molar-refractivity contribution in [3.05, 3.63) is 28.8 Å². The zero-order valence-electron chi connectivity index (χ0n) is 10.7. The molecule has 0 aliphatic carbocycles. The van der Waals surface area contributed by atoms with Gasteiger partial charge in [-0.15, -0.1) is 12.4 Å². The van der Waals surface area contributed by atoms with Crippen LogP contribution in [0.4, 0.5) is 5.69 Å². The lowest BCUT2D eigenvalue weighted by Gasteiger charge is -2.08. The molecular weight excluding hydrogens is 289 g/mol. The summed E-state index contributed by atoms with van der Waals surface area (Å²) in [5.41, 5.74) is 0.959. The maximum atomic E-state index is 11.5. The second kappa shape index (κ2) is 8.74. The van der Waals surface area contributed by atoms with Crippen molar-refractivity contribution in [3.63, 3.8) is 0 Å². The van der Waals surface area contributed by atoms with Crippen molar-refractivity contribution in [1.29, 1.82) is 0 Å². The standard InChI is InChI=1S/C12H16ClN3O2.ClH/c1-14-6-5-11(17)16-8-3-4-9(10(13)7-8)12(18)15-2;/h3-4,7,14H,5-6H2,1-2H3,(H,15,18)(H,16,17);1H. The van der Waals surface area contributed by atoms with Gasteiger partial charge in [0.2, 0.25) is 5.91 Å². The monoisotopic (exact) mass is 305 g/mol. The predicted molar refractivity (Wildman–Crippen MR) is 79.3 cm³/mol. The summed E-state index contributed by atoms with van der Waals surface area (Å²) < 4.78 is 0. The zero-order chi connectivity index (χ0) is 13.5. The smallest absolute Gasteiger partial charge is 0.252 e. The van der Waals surface area contributed by atoms with Crippen LogP contribution in [0.5, 0.6) is 0 Å². The Morgan fingerprint density at radius 1 is 1.26 bits per heavy atom. The van der Waals surface area contributed by atoms with Crippen molar-refractivity contribution < 1.29 is 9.59 Å². The van der Waals surface area contributed by atoms with Crippen molar-refractivity contribution in [2.75, 3.05) is 26.0 Å². The molecule has 106 valence electrons. The molecule has 3 N–H and O–H groups in total. The van der Waals surface area contributed by atoms with Crippen molar-refractivity contribution >= 4 is 41.5 Å². The lowest BCUT2D eigenvalue weighted by molar-refractivity contribution is -0.116. The minimum atomic E-state index is -0.256. The number of carbonyl (C=O) groups excluding carboxylic acids is 2. The van der Waals surface area contributed by atoms with E-state index in [1.165, 1.54) is 7.05 Å². The van der Waals surface area contributed by atoms with Gasteiger partial charge < -0.3 is 16.0 Å². The molecule has 5 nitrogen and oxygen atoms in total. The van der Waals surface area contributed by atoms with Crippen LogP contribution in [-0.2, 0) is 4.79 Å². The normalized spacial score (nSPS) is 9.42. The fourth-order valence-electron chi connectivity index (χ4n) is 1.37. The quantitative estimate of drug-likeness (QED) is 0.775. The Labute approximate surface area is 123 Å². The van der Waals surface area contributed by atoms with E-state index in [9.17, 15) is 9.59 Å². The van der Waals surface area contributed by atoms with Gasteiger partial charge in [-0.2, -0.15) is 0 Å². The molecule has 0 bridgehead atoms. The van der Waals surface area contributed by atoms with Gasteiger partial charge in [0.15, 0.2) is 0 Å². The molecule has 0 fully saturated rings. The van der Waals surface area contributed by atoms with Gasteiger partial charge in [-0.05, 0) is 25.2 Å². The van der Waals surface area contributed by atoms with Gasteiger partial charge in [-0.25, -0.2) is 0 Å². The lowest BCUT2D eigenvalue weighted by atomic mass is 10.2. The Hall–Kier alpha value is -1.30. The summed E-state index contributed by atoms with van der Waals surface area (Å²) >= 11 is 5.97. The minimum Gasteiger partial charge on any atom is -0.355 e. The molecule has 0 aliphatic rings. The van der Waals surface area contributed by atoms with Crippen LogP contribution in [0, 0.1) is 0 Å². The summed E-state index contributed by atoms with van der Waals surface area (Å²) in [6.45, 7) is 0.607. The van der Waals surface area contributed by atoms with Gasteiger partial charge in [0.25, 0.3) is 5.91 Å². The van der Waals surface area contributed by atoms with E-state index in [1.54, 1.807) is 25.2 Å². The molecule has 7 heteroatoms. The Kier molecular flexibility index (Phi) is 8.14. The fraction of sp³-hybridized carbons (Fsp3) is 0.333. The molecule has 1 aromatic rings. The molecule has 0 atom stereocenters. The highest BCUT2D eigenvalue weighted by Gasteiger charge is 2.10. The summed E-state index contributed by atoms with van der Waals surface area (Å²) in [4.78, 5) is 22.9. The van der Waals surface area contributed by atoms with Gasteiger partial charge >= 0.3 is 0 Å². The average Bonchev–Trinajstić information content (AvgIpc) is 2.35. The number of hydrogen-bond acceptors (Lipinski definition) is 3. The highest BCUT2D eigenvalue weighted by atomic mass is 35.5. The zero-order valence-corrected chi connectivity index (χ0v) is 12.3. The summed E-state index contributed by atoms with van der Waals surface area (Å²) in [6, 6.07) is 4.78. The van der Waals surface area contributed by atoms with Crippen LogP contribution in [0.3, 0.4) is 0 Å². The van der Waals surface area contributed by atoms with E-state index in [2.05, 4.69) is 16.0 Å². The molecule has 0 saturated carbocycles. The van der Waals surface area contributed by atoms with E-state index < -0.39 is 0 Å². The third-order valence-corrected chi connectivity index (χ3v) is 2.64. The van der Waals surface area contributed by atoms with Gasteiger partial charge in [-0.3, -0.25) is 9.59 Å². The van der Waals surface area contributed by atoms with Gasteiger partial charge in [0.1, 0.15) is 0 Å². The fourth-order valence-corrected chi connectivity index (χ4v) is 1.64. The first-order valence-corrected chi connectivity index (χ1v) is 5.92. The van der Waals surface area contributed by atoms with Crippen LogP contribution >= 0.6 is 24.0 Å². The summed E-state index contributed by atoms with van der Waals surface area (Å²) in [6.07, 6.45) is 0.380. The molecule has 1 rings (SSSR count). The van der Waals surface area contributed by atoms with E-state index in [0.29, 0.717) is 29.2 Å². The van der Waals surface area contributed by atoms with E-state index in [0.717, 1.165) is 0 Å². The second-order valence-electron chi connectivity index (χ2n) is 3.68.